The van der Waals surface area contributed by atoms with Crippen LogP contribution in [-0.2, 0) is 35.4 Å². The molecule has 0 aliphatic heterocycles. The van der Waals surface area contributed by atoms with Gasteiger partial charge >= 0.3 is 0 Å². The molecule has 0 bridgehead atoms. The second-order valence-corrected chi connectivity index (χ2v) is 13.5. The lowest BCUT2D eigenvalue weighted by Gasteiger charge is -2.23. The van der Waals surface area contributed by atoms with Gasteiger partial charge in [-0.25, -0.2) is 8.42 Å². The highest BCUT2D eigenvalue weighted by Crippen LogP contribution is 2.24. The first-order chi connectivity index (χ1) is 19.4. The van der Waals surface area contributed by atoms with Gasteiger partial charge in [0.1, 0.15) is 0 Å². The summed E-state index contributed by atoms with van der Waals surface area (Å²) in [7, 11) is -3.58. The number of aromatic nitrogens is 1. The van der Waals surface area contributed by atoms with Crippen LogP contribution in [0.5, 0.6) is 0 Å². The molecule has 0 radical (unpaired) electrons. The van der Waals surface area contributed by atoms with Gasteiger partial charge in [0.25, 0.3) is 0 Å². The van der Waals surface area contributed by atoms with Gasteiger partial charge < -0.3 is 5.32 Å². The lowest BCUT2D eigenvalue weighted by atomic mass is 9.95. The average molecular weight is 619 g/mol. The van der Waals surface area contributed by atoms with Gasteiger partial charge in [-0.1, -0.05) is 102 Å². The molecule has 208 valence electrons. The van der Waals surface area contributed by atoms with Crippen LogP contribution in [0.3, 0.4) is 0 Å². The predicted molar refractivity (Wildman–Crippen MR) is 166 cm³/mol. The molecule has 3 aromatic carbocycles. The van der Waals surface area contributed by atoms with E-state index in [-0.39, 0.29) is 12.3 Å². The summed E-state index contributed by atoms with van der Waals surface area (Å²) in [5.74, 6) is -0.0550. The van der Waals surface area contributed by atoms with E-state index >= 15 is 0 Å². The zero-order valence-corrected chi connectivity index (χ0v) is 25.1. The van der Waals surface area contributed by atoms with E-state index < -0.39 is 10.0 Å². The molecule has 0 spiro atoms. The zero-order chi connectivity index (χ0) is 27.8. The van der Waals surface area contributed by atoms with E-state index in [0.717, 1.165) is 38.8 Å². The molecule has 0 atom stereocenters. The van der Waals surface area contributed by atoms with Crippen molar-refractivity contribution in [1.29, 1.82) is 0 Å². The molecular formula is C33H36BrN3O2S. The van der Waals surface area contributed by atoms with Crippen LogP contribution >= 0.6 is 15.9 Å². The Morgan fingerprint density at radius 3 is 1.98 bits per heavy atom. The largest absolute Gasteiger partial charge is 0.310 e. The molecule has 1 aliphatic carbocycles. The van der Waals surface area contributed by atoms with E-state index in [9.17, 15) is 8.42 Å². The molecule has 1 heterocycles. The SMILES string of the molecule is O=S(=O)(Cc1ccc(Br)cc1)N(Cc1ccc(-c2ccc(CNC3CCCCC3)cc2)cc1)Cc1cccnc1. The molecule has 1 aliphatic rings. The van der Waals surface area contributed by atoms with Crippen LogP contribution < -0.4 is 5.32 Å². The Bertz CT molecular complexity index is 1450. The van der Waals surface area contributed by atoms with E-state index in [2.05, 4.69) is 62.6 Å². The summed E-state index contributed by atoms with van der Waals surface area (Å²) in [5, 5.41) is 3.71. The van der Waals surface area contributed by atoms with Crippen LogP contribution in [0.25, 0.3) is 11.1 Å². The Morgan fingerprint density at radius 2 is 1.35 bits per heavy atom. The summed E-state index contributed by atoms with van der Waals surface area (Å²) >= 11 is 3.42. The van der Waals surface area contributed by atoms with Crippen LogP contribution in [0, 0.1) is 0 Å². The maximum absolute atomic E-state index is 13.6. The molecular weight excluding hydrogens is 582 g/mol. The quantitative estimate of drug-likeness (QED) is 0.190. The third-order valence-corrected chi connectivity index (χ3v) is 9.81. The standard InChI is InChI=1S/C33H36BrN3O2S/c34-32-18-12-28(13-19-32)25-40(38,39)37(24-29-5-4-20-35-21-29)23-27-10-16-31(17-11-27)30-14-8-26(9-15-30)22-36-33-6-2-1-3-7-33/h4-5,8-21,33,36H,1-3,6-7,22-25H2. The highest BCUT2D eigenvalue weighted by atomic mass is 79.9. The van der Waals surface area contributed by atoms with Crippen LogP contribution in [-0.4, -0.2) is 23.7 Å². The van der Waals surface area contributed by atoms with E-state index in [1.54, 1.807) is 16.7 Å². The average Bonchev–Trinajstić information content (AvgIpc) is 2.99. The molecule has 7 heteroatoms. The maximum atomic E-state index is 13.6. The lowest BCUT2D eigenvalue weighted by molar-refractivity contribution is 0.372. The number of hydrogen-bond acceptors (Lipinski definition) is 4. The van der Waals surface area contributed by atoms with Gasteiger partial charge in [0, 0.05) is 42.5 Å². The van der Waals surface area contributed by atoms with Crippen molar-refractivity contribution >= 4 is 26.0 Å². The summed E-state index contributed by atoms with van der Waals surface area (Å²) in [5.41, 5.74) is 6.13. The van der Waals surface area contributed by atoms with Crippen molar-refractivity contribution in [2.75, 3.05) is 0 Å². The van der Waals surface area contributed by atoms with Crippen LogP contribution in [0.1, 0.15) is 54.4 Å². The second kappa shape index (κ2) is 13.7. The number of nitrogens with zero attached hydrogens (tertiary/aromatic N) is 2. The second-order valence-electron chi connectivity index (χ2n) is 10.6. The van der Waals surface area contributed by atoms with Gasteiger partial charge in [0.05, 0.1) is 5.75 Å². The zero-order valence-electron chi connectivity index (χ0n) is 22.7. The van der Waals surface area contributed by atoms with Crippen molar-refractivity contribution < 1.29 is 8.42 Å². The van der Waals surface area contributed by atoms with Gasteiger partial charge in [-0.05, 0) is 64.4 Å². The monoisotopic (exact) mass is 617 g/mol. The molecule has 1 saturated carbocycles. The highest BCUT2D eigenvalue weighted by Gasteiger charge is 2.23. The Hall–Kier alpha value is -2.84. The van der Waals surface area contributed by atoms with Crippen molar-refractivity contribution in [2.45, 2.75) is 63.5 Å². The number of sulfonamides is 1. The van der Waals surface area contributed by atoms with E-state index in [4.69, 9.17) is 0 Å². The van der Waals surface area contributed by atoms with Crippen LogP contribution in [0.2, 0.25) is 0 Å². The molecule has 5 rings (SSSR count). The normalized spacial score (nSPS) is 14.4. The fraction of sp³-hybridized carbons (Fsp3) is 0.303. The van der Waals surface area contributed by atoms with Gasteiger partial charge in [-0.15, -0.1) is 0 Å². The third kappa shape index (κ3) is 8.10. The predicted octanol–water partition coefficient (Wildman–Crippen LogP) is 7.47. The fourth-order valence-corrected chi connectivity index (χ4v) is 6.97. The number of benzene rings is 3. The minimum Gasteiger partial charge on any atom is -0.310 e. The first kappa shape index (κ1) is 28.7. The number of nitrogens with one attached hydrogen (secondary N) is 1. The van der Waals surface area contributed by atoms with Gasteiger partial charge in [-0.3, -0.25) is 4.98 Å². The van der Waals surface area contributed by atoms with E-state index in [1.165, 1.54) is 37.7 Å². The summed E-state index contributed by atoms with van der Waals surface area (Å²) in [6.45, 7) is 1.47. The molecule has 0 amide bonds. The number of halogens is 1. The summed E-state index contributed by atoms with van der Waals surface area (Å²) in [6, 6.07) is 28.8. The molecule has 0 saturated heterocycles. The Kier molecular flexibility index (Phi) is 9.81. The minimum absolute atomic E-state index is 0.0550. The molecule has 40 heavy (non-hydrogen) atoms. The summed E-state index contributed by atoms with van der Waals surface area (Å²) in [4.78, 5) is 4.18. The maximum Gasteiger partial charge on any atom is 0.218 e. The number of rotatable bonds is 11. The van der Waals surface area contributed by atoms with Gasteiger partial charge in [-0.2, -0.15) is 4.31 Å². The van der Waals surface area contributed by atoms with Crippen LogP contribution in [0.4, 0.5) is 0 Å². The fourth-order valence-electron chi connectivity index (χ4n) is 5.22. The molecule has 1 aromatic heterocycles. The van der Waals surface area contributed by atoms with Gasteiger partial charge in [0.2, 0.25) is 10.0 Å². The van der Waals surface area contributed by atoms with Crippen molar-refractivity contribution in [3.8, 4) is 11.1 Å². The topological polar surface area (TPSA) is 62.3 Å². The van der Waals surface area contributed by atoms with Crippen molar-refractivity contribution in [3.63, 3.8) is 0 Å². The first-order valence-electron chi connectivity index (χ1n) is 14.0. The molecule has 5 nitrogen and oxygen atoms in total. The van der Waals surface area contributed by atoms with Crippen molar-refractivity contribution in [2.24, 2.45) is 0 Å². The third-order valence-electron chi connectivity index (χ3n) is 7.54. The smallest absolute Gasteiger partial charge is 0.218 e. The summed E-state index contributed by atoms with van der Waals surface area (Å²) < 4.78 is 29.6. The van der Waals surface area contributed by atoms with Crippen molar-refractivity contribution in [1.82, 2.24) is 14.6 Å². The van der Waals surface area contributed by atoms with Gasteiger partial charge in [0.15, 0.2) is 0 Å². The minimum atomic E-state index is -3.58. The Labute approximate surface area is 246 Å². The first-order valence-corrected chi connectivity index (χ1v) is 16.4. The molecule has 1 N–H and O–H groups in total. The van der Waals surface area contributed by atoms with E-state index in [1.807, 2.05) is 48.5 Å². The highest BCUT2D eigenvalue weighted by molar-refractivity contribution is 9.10. The number of hydrogen-bond donors (Lipinski definition) is 1. The van der Waals surface area contributed by atoms with Crippen LogP contribution in [0.15, 0.2) is 102 Å². The Morgan fingerprint density at radius 1 is 0.750 bits per heavy atom. The summed E-state index contributed by atoms with van der Waals surface area (Å²) in [6.07, 6.45) is 10.0. The Balaban J connectivity index is 1.26. The molecule has 4 aromatic rings. The van der Waals surface area contributed by atoms with E-state index in [0.29, 0.717) is 12.6 Å². The molecule has 0 unspecified atom stereocenters. The number of pyridine rings is 1. The van der Waals surface area contributed by atoms with Crippen molar-refractivity contribution in [3.05, 3.63) is 124 Å². The molecule has 1 fully saturated rings. The lowest BCUT2D eigenvalue weighted by Crippen LogP contribution is -2.31.